The minimum atomic E-state index is -1.01. The molecular weight excluding hydrogens is 428 g/mol. The minimum absolute atomic E-state index is 0.123. The third-order valence-corrected chi connectivity index (χ3v) is 6.13. The lowest BCUT2D eigenvalue weighted by atomic mass is 10.00. The second-order valence-electron chi connectivity index (χ2n) is 8.20. The summed E-state index contributed by atoms with van der Waals surface area (Å²) in [4.78, 5) is 38.0. The van der Waals surface area contributed by atoms with Crippen LogP contribution in [0.3, 0.4) is 0 Å². The summed E-state index contributed by atoms with van der Waals surface area (Å²) in [5, 5.41) is 16.8. The van der Waals surface area contributed by atoms with Crippen LogP contribution in [0.5, 0.6) is 5.75 Å². The highest BCUT2D eigenvalue weighted by molar-refractivity contribution is 5.99. The number of hydrogen-bond donors (Lipinski definition) is 3. The molecule has 2 aromatic rings. The van der Waals surface area contributed by atoms with E-state index in [-0.39, 0.29) is 24.5 Å². The quantitative estimate of drug-likeness (QED) is 0.582. The van der Waals surface area contributed by atoms with Crippen LogP contribution < -0.4 is 15.4 Å². The van der Waals surface area contributed by atoms with Gasteiger partial charge in [0.2, 0.25) is 0 Å². The standard InChI is InChI=1S/C23H28N4O6/c1-13(28)33-12-17(29)27-10-8-14(9-11-27)24-23(31)20-21(32-3)18-19(26(20)2)15-6-4-5-7-16(15)25-22(18)30/h4-7,14,22,25,30H,8-12H2,1-3H3,(H,24,31). The molecule has 176 valence electrons. The largest absolute Gasteiger partial charge is 0.494 e. The van der Waals surface area contributed by atoms with Gasteiger partial charge in [0, 0.05) is 44.4 Å². The van der Waals surface area contributed by atoms with Crippen LogP contribution in [0.15, 0.2) is 24.3 Å². The van der Waals surface area contributed by atoms with Crippen LogP contribution in [-0.2, 0) is 21.4 Å². The molecular formula is C23H28N4O6. The number of likely N-dealkylation sites (tertiary alicyclic amines) is 1. The number of carbonyl (C=O) groups is 3. The highest BCUT2D eigenvalue weighted by Crippen LogP contribution is 2.46. The van der Waals surface area contributed by atoms with Crippen molar-refractivity contribution in [3.05, 3.63) is 35.5 Å². The molecule has 2 amide bonds. The predicted octanol–water partition coefficient (Wildman–Crippen LogP) is 1.40. The molecule has 3 N–H and O–H groups in total. The Kier molecular flexibility index (Phi) is 6.28. The maximum Gasteiger partial charge on any atom is 0.303 e. The molecule has 1 saturated heterocycles. The van der Waals surface area contributed by atoms with Gasteiger partial charge in [-0.15, -0.1) is 0 Å². The Morgan fingerprint density at radius 3 is 2.58 bits per heavy atom. The first kappa shape index (κ1) is 22.7. The Labute approximate surface area is 191 Å². The van der Waals surface area contributed by atoms with Gasteiger partial charge in [0.1, 0.15) is 5.69 Å². The van der Waals surface area contributed by atoms with E-state index < -0.39 is 12.2 Å². The molecule has 4 rings (SSSR count). The molecule has 10 heteroatoms. The van der Waals surface area contributed by atoms with Crippen molar-refractivity contribution in [2.75, 3.05) is 32.1 Å². The van der Waals surface area contributed by atoms with Crippen LogP contribution in [0.4, 0.5) is 5.69 Å². The Hall–Kier alpha value is -3.53. The van der Waals surface area contributed by atoms with E-state index in [1.54, 1.807) is 16.5 Å². The molecule has 0 saturated carbocycles. The van der Waals surface area contributed by atoms with Crippen molar-refractivity contribution in [1.82, 2.24) is 14.8 Å². The fourth-order valence-corrected chi connectivity index (χ4v) is 4.54. The fraction of sp³-hybridized carbons (Fsp3) is 0.435. The first-order valence-corrected chi connectivity index (χ1v) is 10.8. The lowest BCUT2D eigenvalue weighted by Crippen LogP contribution is -2.47. The highest BCUT2D eigenvalue weighted by atomic mass is 16.5. The van der Waals surface area contributed by atoms with Crippen LogP contribution in [-0.4, -0.2) is 65.2 Å². The number of para-hydroxylation sites is 1. The average molecular weight is 456 g/mol. The van der Waals surface area contributed by atoms with Crippen LogP contribution in [0.25, 0.3) is 11.3 Å². The summed E-state index contributed by atoms with van der Waals surface area (Å²) in [6.07, 6.45) is 0.151. The summed E-state index contributed by atoms with van der Waals surface area (Å²) >= 11 is 0. The van der Waals surface area contributed by atoms with Gasteiger partial charge in [0.25, 0.3) is 11.8 Å². The molecule has 2 aliphatic rings. The number of methoxy groups -OCH3 is 1. The SMILES string of the molecule is COc1c2c(n(C)c1C(=O)NC1CCN(C(=O)COC(C)=O)CC1)-c1ccccc1NC2O. The van der Waals surface area contributed by atoms with Crippen molar-refractivity contribution in [1.29, 1.82) is 0 Å². The van der Waals surface area contributed by atoms with E-state index in [4.69, 9.17) is 9.47 Å². The number of anilines is 1. The first-order chi connectivity index (χ1) is 15.8. The number of hydrogen-bond acceptors (Lipinski definition) is 7. The van der Waals surface area contributed by atoms with E-state index in [0.29, 0.717) is 42.9 Å². The van der Waals surface area contributed by atoms with Crippen molar-refractivity contribution in [2.24, 2.45) is 7.05 Å². The van der Waals surface area contributed by atoms with Gasteiger partial charge in [-0.25, -0.2) is 0 Å². The molecule has 1 aromatic carbocycles. The molecule has 33 heavy (non-hydrogen) atoms. The number of aliphatic hydroxyl groups is 1. The number of piperidine rings is 1. The van der Waals surface area contributed by atoms with Crippen molar-refractivity contribution < 1.29 is 29.0 Å². The van der Waals surface area contributed by atoms with Gasteiger partial charge < -0.3 is 34.7 Å². The van der Waals surface area contributed by atoms with Gasteiger partial charge in [-0.05, 0) is 18.9 Å². The zero-order chi connectivity index (χ0) is 23.7. The maximum atomic E-state index is 13.3. The summed E-state index contributed by atoms with van der Waals surface area (Å²) in [6, 6.07) is 7.45. The van der Waals surface area contributed by atoms with Crippen molar-refractivity contribution in [3.8, 4) is 17.0 Å². The van der Waals surface area contributed by atoms with Gasteiger partial charge in [-0.3, -0.25) is 14.4 Å². The normalized spacial score (nSPS) is 17.5. The number of ether oxygens (including phenoxy) is 2. The number of esters is 1. The summed E-state index contributed by atoms with van der Waals surface area (Å²) in [5.41, 5.74) is 3.23. The van der Waals surface area contributed by atoms with E-state index >= 15 is 0 Å². The lowest BCUT2D eigenvalue weighted by Gasteiger charge is -2.32. The molecule has 0 radical (unpaired) electrons. The van der Waals surface area contributed by atoms with E-state index in [1.807, 2.05) is 24.3 Å². The van der Waals surface area contributed by atoms with E-state index in [2.05, 4.69) is 10.6 Å². The van der Waals surface area contributed by atoms with Gasteiger partial charge >= 0.3 is 5.97 Å². The zero-order valence-electron chi connectivity index (χ0n) is 18.9. The number of carbonyl (C=O) groups excluding carboxylic acids is 3. The number of aromatic nitrogens is 1. The number of nitrogens with zero attached hydrogens (tertiary/aromatic N) is 2. The second-order valence-corrected chi connectivity index (χ2v) is 8.20. The summed E-state index contributed by atoms with van der Waals surface area (Å²) < 4.78 is 12.1. The topological polar surface area (TPSA) is 122 Å². The molecule has 3 heterocycles. The summed E-state index contributed by atoms with van der Waals surface area (Å²) in [5.74, 6) is -0.716. The molecule has 2 aliphatic heterocycles. The van der Waals surface area contributed by atoms with Crippen LogP contribution in [0.1, 0.15) is 42.0 Å². The maximum absolute atomic E-state index is 13.3. The van der Waals surface area contributed by atoms with Crippen molar-refractivity contribution in [2.45, 2.75) is 32.0 Å². The predicted molar refractivity (Wildman–Crippen MR) is 120 cm³/mol. The number of rotatable bonds is 5. The molecule has 1 fully saturated rings. The van der Waals surface area contributed by atoms with Crippen LogP contribution in [0, 0.1) is 0 Å². The Morgan fingerprint density at radius 2 is 1.91 bits per heavy atom. The molecule has 0 aliphatic carbocycles. The minimum Gasteiger partial charge on any atom is -0.494 e. The van der Waals surface area contributed by atoms with E-state index in [1.165, 1.54) is 14.0 Å². The molecule has 10 nitrogen and oxygen atoms in total. The Bertz CT molecular complexity index is 1090. The Morgan fingerprint density at radius 1 is 1.21 bits per heavy atom. The fourth-order valence-electron chi connectivity index (χ4n) is 4.54. The van der Waals surface area contributed by atoms with Crippen LogP contribution >= 0.6 is 0 Å². The average Bonchev–Trinajstić information content (AvgIpc) is 3.11. The highest BCUT2D eigenvalue weighted by Gasteiger charge is 2.35. The van der Waals surface area contributed by atoms with Gasteiger partial charge in [-0.1, -0.05) is 18.2 Å². The summed E-state index contributed by atoms with van der Waals surface area (Å²) in [7, 11) is 3.26. The lowest BCUT2D eigenvalue weighted by molar-refractivity contribution is -0.150. The smallest absolute Gasteiger partial charge is 0.303 e. The monoisotopic (exact) mass is 456 g/mol. The van der Waals surface area contributed by atoms with E-state index in [0.717, 1.165) is 16.9 Å². The second kappa shape index (κ2) is 9.14. The number of fused-ring (bicyclic) bond motifs is 3. The third kappa shape index (κ3) is 4.25. The zero-order valence-corrected chi connectivity index (χ0v) is 18.9. The van der Waals surface area contributed by atoms with Gasteiger partial charge in [0.15, 0.2) is 18.6 Å². The van der Waals surface area contributed by atoms with E-state index in [9.17, 15) is 19.5 Å². The number of benzene rings is 1. The Balaban J connectivity index is 1.50. The van der Waals surface area contributed by atoms with Gasteiger partial charge in [0.05, 0.1) is 18.4 Å². The third-order valence-electron chi connectivity index (χ3n) is 6.13. The molecule has 1 atom stereocenters. The van der Waals surface area contributed by atoms with Crippen LogP contribution in [0.2, 0.25) is 0 Å². The molecule has 0 spiro atoms. The molecule has 0 bridgehead atoms. The number of nitrogens with one attached hydrogen (secondary N) is 2. The molecule has 1 aromatic heterocycles. The molecule has 1 unspecified atom stereocenters. The van der Waals surface area contributed by atoms with Gasteiger partial charge in [-0.2, -0.15) is 0 Å². The van der Waals surface area contributed by atoms with Crippen molar-refractivity contribution in [3.63, 3.8) is 0 Å². The number of amides is 2. The number of aliphatic hydroxyl groups excluding tert-OH is 1. The first-order valence-electron chi connectivity index (χ1n) is 10.8. The summed E-state index contributed by atoms with van der Waals surface area (Å²) in [6.45, 7) is 1.92. The van der Waals surface area contributed by atoms with Crippen molar-refractivity contribution >= 4 is 23.5 Å².